The lowest BCUT2D eigenvalue weighted by atomic mass is 10.1. The predicted octanol–water partition coefficient (Wildman–Crippen LogP) is 4.89. The highest BCUT2D eigenvalue weighted by molar-refractivity contribution is 7.19. The van der Waals surface area contributed by atoms with Gasteiger partial charge in [0.15, 0.2) is 0 Å². The normalized spacial score (nSPS) is 10.4. The molecule has 0 unspecified atom stereocenters. The van der Waals surface area contributed by atoms with E-state index in [1.807, 2.05) is 0 Å². The van der Waals surface area contributed by atoms with Crippen molar-refractivity contribution in [1.29, 1.82) is 0 Å². The van der Waals surface area contributed by atoms with Crippen molar-refractivity contribution in [2.24, 2.45) is 0 Å². The number of nitrogens with one attached hydrogen (secondary N) is 2. The molecule has 0 saturated heterocycles. The first-order valence-electron chi connectivity index (χ1n) is 10.2. The van der Waals surface area contributed by atoms with E-state index in [0.717, 1.165) is 17.4 Å². The molecule has 0 spiro atoms. The van der Waals surface area contributed by atoms with E-state index in [2.05, 4.69) is 10.6 Å². The summed E-state index contributed by atoms with van der Waals surface area (Å²) in [6.07, 6.45) is 0. The maximum Gasteiger partial charge on any atom is 0.341 e. The van der Waals surface area contributed by atoms with Gasteiger partial charge in [-0.15, -0.1) is 11.3 Å². The highest BCUT2D eigenvalue weighted by Crippen LogP contribution is 2.36. The molecule has 0 aliphatic rings. The van der Waals surface area contributed by atoms with E-state index in [-0.39, 0.29) is 27.6 Å². The number of halogens is 1. The van der Waals surface area contributed by atoms with Gasteiger partial charge in [-0.2, -0.15) is 0 Å². The molecular weight excluding hydrogens is 463 g/mol. The molecule has 2 amide bonds. The average Bonchev–Trinajstić information content (AvgIpc) is 3.15. The number of carbonyl (C=O) groups excluding carboxylic acids is 3. The number of anilines is 2. The second-order valence-corrected chi connectivity index (χ2v) is 7.96. The molecular formula is C24H23FN2O6S. The van der Waals surface area contributed by atoms with Gasteiger partial charge in [-0.05, 0) is 43.7 Å². The lowest BCUT2D eigenvalue weighted by Crippen LogP contribution is -2.16. The minimum Gasteiger partial charge on any atom is -0.497 e. The van der Waals surface area contributed by atoms with Crippen LogP contribution in [0.5, 0.6) is 11.5 Å². The van der Waals surface area contributed by atoms with E-state index in [1.165, 1.54) is 32.4 Å². The molecule has 1 heterocycles. The Morgan fingerprint density at radius 1 is 1.00 bits per heavy atom. The highest BCUT2D eigenvalue weighted by Gasteiger charge is 2.28. The summed E-state index contributed by atoms with van der Waals surface area (Å²) >= 11 is 0.885. The van der Waals surface area contributed by atoms with Gasteiger partial charge >= 0.3 is 5.97 Å². The van der Waals surface area contributed by atoms with Crippen LogP contribution < -0.4 is 20.1 Å². The number of amides is 2. The van der Waals surface area contributed by atoms with Gasteiger partial charge in [0.05, 0.1) is 42.5 Å². The Kier molecular flexibility index (Phi) is 7.85. The standard InChI is InChI=1S/C24H23FN2O6S/c1-5-33-24(30)19-13(2)20(22(29)26-17-11-10-14(31-3)12-18(17)32-4)34-23(19)27-21(28)15-8-6-7-9-16(15)25/h6-12H,5H2,1-4H3,(H,26,29)(H,27,28). The fourth-order valence-electron chi connectivity index (χ4n) is 3.16. The number of benzene rings is 2. The van der Waals surface area contributed by atoms with Gasteiger partial charge in [-0.1, -0.05) is 12.1 Å². The van der Waals surface area contributed by atoms with Crippen LogP contribution in [0, 0.1) is 12.7 Å². The maximum absolute atomic E-state index is 14.1. The zero-order valence-electron chi connectivity index (χ0n) is 19.0. The van der Waals surface area contributed by atoms with E-state index in [9.17, 15) is 18.8 Å². The number of hydrogen-bond donors (Lipinski definition) is 2. The number of hydrogen-bond acceptors (Lipinski definition) is 7. The number of ether oxygens (including phenoxy) is 3. The van der Waals surface area contributed by atoms with Crippen LogP contribution in [0.25, 0.3) is 0 Å². The Bertz CT molecular complexity index is 1240. The van der Waals surface area contributed by atoms with Crippen LogP contribution >= 0.6 is 11.3 Å². The third-order valence-electron chi connectivity index (χ3n) is 4.84. The third kappa shape index (κ3) is 5.18. The van der Waals surface area contributed by atoms with Crippen LogP contribution in [-0.4, -0.2) is 38.6 Å². The molecule has 8 nitrogen and oxygen atoms in total. The van der Waals surface area contributed by atoms with Crippen LogP contribution in [0.1, 0.15) is 42.9 Å². The number of rotatable bonds is 8. The Morgan fingerprint density at radius 2 is 1.74 bits per heavy atom. The Hall–Kier alpha value is -3.92. The molecule has 0 bridgehead atoms. The molecule has 34 heavy (non-hydrogen) atoms. The Balaban J connectivity index is 1.97. The molecule has 0 aliphatic heterocycles. The van der Waals surface area contributed by atoms with Crippen molar-refractivity contribution in [3.8, 4) is 11.5 Å². The second-order valence-electron chi connectivity index (χ2n) is 6.94. The van der Waals surface area contributed by atoms with Crippen LogP contribution in [0.2, 0.25) is 0 Å². The van der Waals surface area contributed by atoms with Gasteiger partial charge in [0.1, 0.15) is 22.3 Å². The lowest BCUT2D eigenvalue weighted by molar-refractivity contribution is 0.0527. The lowest BCUT2D eigenvalue weighted by Gasteiger charge is -2.11. The number of methoxy groups -OCH3 is 2. The van der Waals surface area contributed by atoms with Crippen LogP contribution in [0.3, 0.4) is 0 Å². The molecule has 178 valence electrons. The SMILES string of the molecule is CCOC(=O)c1c(NC(=O)c2ccccc2F)sc(C(=O)Nc2ccc(OC)cc2OC)c1C. The summed E-state index contributed by atoms with van der Waals surface area (Å²) < 4.78 is 29.7. The first-order valence-corrected chi connectivity index (χ1v) is 11.0. The monoisotopic (exact) mass is 486 g/mol. The Labute approximate surface area is 199 Å². The predicted molar refractivity (Wildman–Crippen MR) is 127 cm³/mol. The van der Waals surface area contributed by atoms with E-state index >= 15 is 0 Å². The fraction of sp³-hybridized carbons (Fsp3) is 0.208. The van der Waals surface area contributed by atoms with E-state index in [4.69, 9.17) is 14.2 Å². The van der Waals surface area contributed by atoms with Gasteiger partial charge < -0.3 is 24.8 Å². The van der Waals surface area contributed by atoms with Crippen molar-refractivity contribution >= 4 is 39.8 Å². The van der Waals surface area contributed by atoms with Gasteiger partial charge in [0.25, 0.3) is 11.8 Å². The molecule has 3 aromatic rings. The van der Waals surface area contributed by atoms with Gasteiger partial charge in [0, 0.05) is 6.07 Å². The third-order valence-corrected chi connectivity index (χ3v) is 6.04. The topological polar surface area (TPSA) is 103 Å². The molecule has 1 aromatic heterocycles. The van der Waals surface area contributed by atoms with Crippen LogP contribution in [0.15, 0.2) is 42.5 Å². The van der Waals surface area contributed by atoms with Crippen LogP contribution in [0.4, 0.5) is 15.1 Å². The zero-order valence-corrected chi connectivity index (χ0v) is 19.8. The quantitative estimate of drug-likeness (QED) is 0.440. The molecule has 2 N–H and O–H groups in total. The summed E-state index contributed by atoms with van der Waals surface area (Å²) in [5, 5.41) is 5.36. The smallest absolute Gasteiger partial charge is 0.341 e. The number of carbonyl (C=O) groups is 3. The van der Waals surface area contributed by atoms with Gasteiger partial charge in [-0.3, -0.25) is 9.59 Å². The zero-order chi connectivity index (χ0) is 24.8. The maximum atomic E-state index is 14.1. The summed E-state index contributed by atoms with van der Waals surface area (Å²) in [5.41, 5.74) is 0.536. The molecule has 10 heteroatoms. The summed E-state index contributed by atoms with van der Waals surface area (Å²) in [7, 11) is 2.96. The molecule has 0 aliphatic carbocycles. The largest absolute Gasteiger partial charge is 0.497 e. The van der Waals surface area contributed by atoms with E-state index in [0.29, 0.717) is 22.7 Å². The highest BCUT2D eigenvalue weighted by atomic mass is 32.1. The minimum absolute atomic E-state index is 0.0309. The average molecular weight is 487 g/mol. The summed E-state index contributed by atoms with van der Waals surface area (Å²) in [4.78, 5) is 38.6. The van der Waals surface area contributed by atoms with Gasteiger partial charge in [0.2, 0.25) is 0 Å². The van der Waals surface area contributed by atoms with Crippen molar-refractivity contribution in [3.05, 3.63) is 69.8 Å². The van der Waals surface area contributed by atoms with Crippen molar-refractivity contribution in [2.75, 3.05) is 31.5 Å². The Morgan fingerprint density at radius 3 is 2.38 bits per heavy atom. The van der Waals surface area contributed by atoms with Crippen molar-refractivity contribution in [3.63, 3.8) is 0 Å². The minimum atomic E-state index is -0.756. The summed E-state index contributed by atoms with van der Waals surface area (Å²) in [6, 6.07) is 10.3. The molecule has 0 radical (unpaired) electrons. The van der Waals surface area contributed by atoms with Crippen molar-refractivity contribution < 1.29 is 33.0 Å². The summed E-state index contributed by atoms with van der Waals surface area (Å²) in [6.45, 7) is 3.31. The molecule has 0 saturated carbocycles. The molecule has 2 aromatic carbocycles. The van der Waals surface area contributed by atoms with E-state index in [1.54, 1.807) is 32.0 Å². The van der Waals surface area contributed by atoms with Crippen molar-refractivity contribution in [1.82, 2.24) is 0 Å². The first-order chi connectivity index (χ1) is 16.3. The number of esters is 1. The molecule has 3 rings (SSSR count). The first kappa shape index (κ1) is 24.7. The van der Waals surface area contributed by atoms with Crippen LogP contribution in [-0.2, 0) is 4.74 Å². The fourth-order valence-corrected chi connectivity index (χ4v) is 4.25. The van der Waals surface area contributed by atoms with E-state index < -0.39 is 23.6 Å². The molecule has 0 atom stereocenters. The van der Waals surface area contributed by atoms with Crippen molar-refractivity contribution in [2.45, 2.75) is 13.8 Å². The van der Waals surface area contributed by atoms with Gasteiger partial charge in [-0.25, -0.2) is 9.18 Å². The second kappa shape index (κ2) is 10.8. The molecule has 0 fully saturated rings. The summed E-state index contributed by atoms with van der Waals surface area (Å²) in [5.74, 6) is -1.78. The number of thiophene rings is 1.